The van der Waals surface area contributed by atoms with Crippen molar-refractivity contribution in [3.8, 4) is 22.7 Å². The van der Waals surface area contributed by atoms with E-state index in [0.29, 0.717) is 0 Å². The first-order valence-electron chi connectivity index (χ1n) is 15.6. The number of nitrogens with zero attached hydrogens (tertiary/aromatic N) is 4. The van der Waals surface area contributed by atoms with Gasteiger partial charge in [0.15, 0.2) is 0 Å². The molecule has 0 unspecified atom stereocenters. The zero-order valence-electron chi connectivity index (χ0n) is 25.1. The van der Waals surface area contributed by atoms with Gasteiger partial charge in [0, 0.05) is 22.7 Å². The molecule has 2 heterocycles. The Bertz CT molecular complexity index is 2190. The van der Waals surface area contributed by atoms with Gasteiger partial charge in [-0.05, 0) is 84.9 Å². The molecule has 218 valence electrons. The van der Waals surface area contributed by atoms with Crippen LogP contribution in [0.1, 0.15) is 0 Å². The molecule has 0 aliphatic heterocycles. The molecule has 0 saturated heterocycles. The third-order valence-corrected chi connectivity index (χ3v) is 8.82. The van der Waals surface area contributed by atoms with Crippen molar-refractivity contribution >= 4 is 44.1 Å². The Labute approximate surface area is 266 Å². The van der Waals surface area contributed by atoms with E-state index in [1.165, 1.54) is 0 Å². The molecular weight excluding hydrogens is 560 g/mol. The van der Waals surface area contributed by atoms with Crippen molar-refractivity contribution in [1.82, 2.24) is 18.3 Å². The second-order valence-electron chi connectivity index (χ2n) is 11.5. The molecule has 0 bridgehead atoms. The molecule has 0 aliphatic rings. The Morgan fingerprint density at radius 3 is 0.609 bits per heavy atom. The number of hydrogen-bond donors (Lipinski definition) is 0. The van der Waals surface area contributed by atoms with Gasteiger partial charge in [-0.15, -0.1) is 0 Å². The molecule has 0 saturated carbocycles. The predicted octanol–water partition coefficient (Wildman–Crippen LogP) is 10.6. The van der Waals surface area contributed by atoms with E-state index in [9.17, 15) is 0 Å². The summed E-state index contributed by atoms with van der Waals surface area (Å²) in [5, 5.41) is 0. The second kappa shape index (κ2) is 10.7. The van der Waals surface area contributed by atoms with Crippen LogP contribution in [-0.4, -0.2) is 18.3 Å². The first-order chi connectivity index (χ1) is 22.9. The minimum atomic E-state index is 1.11. The highest BCUT2D eigenvalue weighted by Crippen LogP contribution is 2.36. The lowest BCUT2D eigenvalue weighted by atomic mass is 10.1. The fourth-order valence-electron chi connectivity index (χ4n) is 6.90. The van der Waals surface area contributed by atoms with E-state index < -0.39 is 0 Å². The maximum atomic E-state index is 2.40. The quantitative estimate of drug-likeness (QED) is 0.182. The molecule has 9 aromatic rings. The normalized spacial score (nSPS) is 11.5. The van der Waals surface area contributed by atoms with E-state index in [1.54, 1.807) is 0 Å². The van der Waals surface area contributed by atoms with E-state index in [0.717, 1.165) is 66.9 Å². The fraction of sp³-hybridized carbons (Fsp3) is 0. The topological polar surface area (TPSA) is 19.7 Å². The van der Waals surface area contributed by atoms with Crippen LogP contribution in [0.15, 0.2) is 182 Å². The van der Waals surface area contributed by atoms with Gasteiger partial charge in [-0.3, -0.25) is 0 Å². The molecule has 0 fully saturated rings. The summed E-state index contributed by atoms with van der Waals surface area (Å²) in [5.41, 5.74) is 13.4. The minimum Gasteiger partial charge on any atom is -0.306 e. The molecule has 4 heteroatoms. The van der Waals surface area contributed by atoms with E-state index >= 15 is 0 Å². The first kappa shape index (κ1) is 26.2. The number of hydrogen-bond acceptors (Lipinski definition) is 0. The van der Waals surface area contributed by atoms with E-state index in [2.05, 4.69) is 200 Å². The minimum absolute atomic E-state index is 1.11. The summed E-state index contributed by atoms with van der Waals surface area (Å²) < 4.78 is 9.61. The predicted molar refractivity (Wildman–Crippen MR) is 191 cm³/mol. The van der Waals surface area contributed by atoms with Crippen LogP contribution in [0.3, 0.4) is 0 Å². The Morgan fingerprint density at radius 1 is 0.196 bits per heavy atom. The van der Waals surface area contributed by atoms with Crippen LogP contribution in [0.4, 0.5) is 0 Å². The molecule has 9 rings (SSSR count). The molecule has 7 aromatic carbocycles. The van der Waals surface area contributed by atoms with Crippen molar-refractivity contribution in [2.45, 2.75) is 0 Å². The van der Waals surface area contributed by atoms with Crippen LogP contribution in [0.2, 0.25) is 0 Å². The van der Waals surface area contributed by atoms with Crippen molar-refractivity contribution in [3.63, 3.8) is 0 Å². The summed E-state index contributed by atoms with van der Waals surface area (Å²) in [6.45, 7) is 0. The maximum absolute atomic E-state index is 2.40. The standard InChI is InChI=1S/C42H30N4/c1-5-17-31(18-6-1)43-35-25-13-14-26-36(35)44(32-19-7-2-8-20-32)40-30-42-41(29-39(40)43)45(33-21-9-3-10-22-33)37-27-15-16-28-38(37)46(42)34-23-11-4-12-24-34/h1-30H. The lowest BCUT2D eigenvalue weighted by Crippen LogP contribution is -2.12. The summed E-state index contributed by atoms with van der Waals surface area (Å²) in [4.78, 5) is 0. The number of para-hydroxylation sites is 8. The van der Waals surface area contributed by atoms with Gasteiger partial charge in [-0.2, -0.15) is 0 Å². The van der Waals surface area contributed by atoms with E-state index in [4.69, 9.17) is 0 Å². The summed E-state index contributed by atoms with van der Waals surface area (Å²) >= 11 is 0. The van der Waals surface area contributed by atoms with Crippen molar-refractivity contribution in [2.75, 3.05) is 0 Å². The summed E-state index contributed by atoms with van der Waals surface area (Å²) in [6, 6.07) is 64.9. The average Bonchev–Trinajstić information content (AvgIpc) is 3.13. The van der Waals surface area contributed by atoms with Gasteiger partial charge in [0.05, 0.1) is 44.1 Å². The molecule has 0 N–H and O–H groups in total. The van der Waals surface area contributed by atoms with Crippen LogP contribution >= 0.6 is 0 Å². The lowest BCUT2D eigenvalue weighted by molar-refractivity contribution is 1.06. The molecule has 46 heavy (non-hydrogen) atoms. The number of benzene rings is 7. The molecule has 0 aliphatic carbocycles. The number of rotatable bonds is 4. The monoisotopic (exact) mass is 590 g/mol. The third-order valence-electron chi connectivity index (χ3n) is 8.82. The van der Waals surface area contributed by atoms with Crippen molar-refractivity contribution in [3.05, 3.63) is 182 Å². The van der Waals surface area contributed by atoms with Gasteiger partial charge >= 0.3 is 0 Å². The molecule has 2 aromatic heterocycles. The summed E-state index contributed by atoms with van der Waals surface area (Å²) in [6.07, 6.45) is 0. The second-order valence-corrected chi connectivity index (χ2v) is 11.5. The van der Waals surface area contributed by atoms with Gasteiger partial charge in [0.1, 0.15) is 0 Å². The molecular formula is C42H30N4. The third kappa shape index (κ3) is 4.08. The highest BCUT2D eigenvalue weighted by molar-refractivity contribution is 6.03. The molecule has 0 spiro atoms. The first-order valence-corrected chi connectivity index (χ1v) is 15.6. The lowest BCUT2D eigenvalue weighted by Gasteiger charge is -2.26. The van der Waals surface area contributed by atoms with E-state index in [1.807, 2.05) is 0 Å². The van der Waals surface area contributed by atoms with Crippen LogP contribution in [0.25, 0.3) is 66.9 Å². The van der Waals surface area contributed by atoms with Gasteiger partial charge in [-0.25, -0.2) is 0 Å². The molecule has 0 radical (unpaired) electrons. The largest absolute Gasteiger partial charge is 0.306 e. The van der Waals surface area contributed by atoms with Crippen molar-refractivity contribution < 1.29 is 0 Å². The Balaban J connectivity index is 1.59. The summed E-state index contributed by atoms with van der Waals surface area (Å²) in [5.74, 6) is 0. The highest BCUT2D eigenvalue weighted by Gasteiger charge is 2.19. The smallest absolute Gasteiger partial charge is 0.0725 e. The fourth-order valence-corrected chi connectivity index (χ4v) is 6.90. The maximum Gasteiger partial charge on any atom is 0.0725 e. The van der Waals surface area contributed by atoms with E-state index in [-0.39, 0.29) is 0 Å². The zero-order chi connectivity index (χ0) is 30.5. The molecule has 0 amide bonds. The number of fused-ring (bicyclic) bond motifs is 4. The SMILES string of the molecule is c1ccc(-n2c3ccccc3n(-c3ccccc3)c3cc4c(cc32)n(-c2ccccc2)c2ccccc2n4-c2ccccc2)cc1. The number of aromatic nitrogens is 4. The van der Waals surface area contributed by atoms with Gasteiger partial charge in [-0.1, -0.05) is 97.1 Å². The van der Waals surface area contributed by atoms with Crippen molar-refractivity contribution in [2.24, 2.45) is 0 Å². The van der Waals surface area contributed by atoms with Gasteiger partial charge in [0.2, 0.25) is 0 Å². The Kier molecular flexibility index (Phi) is 6.10. The van der Waals surface area contributed by atoms with Crippen molar-refractivity contribution in [1.29, 1.82) is 0 Å². The molecule has 4 nitrogen and oxygen atoms in total. The Morgan fingerprint density at radius 2 is 0.391 bits per heavy atom. The highest BCUT2D eigenvalue weighted by atomic mass is 15.1. The van der Waals surface area contributed by atoms with Crippen LogP contribution in [0, 0.1) is 0 Å². The van der Waals surface area contributed by atoms with Gasteiger partial charge in [0.25, 0.3) is 0 Å². The van der Waals surface area contributed by atoms with Gasteiger partial charge < -0.3 is 18.3 Å². The Hall–Kier alpha value is -6.26. The van der Waals surface area contributed by atoms with Crippen LogP contribution in [-0.2, 0) is 0 Å². The van der Waals surface area contributed by atoms with Crippen LogP contribution in [0.5, 0.6) is 0 Å². The molecule has 0 atom stereocenters. The summed E-state index contributed by atoms with van der Waals surface area (Å²) in [7, 11) is 0. The van der Waals surface area contributed by atoms with Crippen LogP contribution < -0.4 is 0 Å². The zero-order valence-corrected chi connectivity index (χ0v) is 25.1. The average molecular weight is 591 g/mol.